The molecular weight excluding hydrogens is 424 g/mol. The van der Waals surface area contributed by atoms with Crippen molar-refractivity contribution in [1.82, 2.24) is 20.2 Å². The second kappa shape index (κ2) is 8.49. The van der Waals surface area contributed by atoms with Crippen molar-refractivity contribution in [1.29, 1.82) is 0 Å². The lowest BCUT2D eigenvalue weighted by atomic mass is 10.2. The van der Waals surface area contributed by atoms with Crippen LogP contribution >= 0.6 is 15.9 Å². The summed E-state index contributed by atoms with van der Waals surface area (Å²) in [5.41, 5.74) is 1.53. The fourth-order valence-corrected chi connectivity index (χ4v) is 2.59. The van der Waals surface area contributed by atoms with Crippen LogP contribution in [0.2, 0.25) is 0 Å². The molecule has 1 heterocycles. The molecule has 0 radical (unpaired) electrons. The highest BCUT2D eigenvalue weighted by Gasteiger charge is 2.09. The van der Waals surface area contributed by atoms with Crippen molar-refractivity contribution in [3.8, 4) is 11.4 Å². The molecule has 3 aromatic rings. The molecule has 0 spiro atoms. The van der Waals surface area contributed by atoms with E-state index in [1.807, 2.05) is 0 Å². The summed E-state index contributed by atoms with van der Waals surface area (Å²) < 4.78 is 31.5. The Balaban J connectivity index is 1.73. The van der Waals surface area contributed by atoms with E-state index in [0.29, 0.717) is 21.4 Å². The first-order valence-corrected chi connectivity index (χ1v) is 8.37. The molecule has 7 nitrogen and oxygen atoms in total. The van der Waals surface area contributed by atoms with Crippen molar-refractivity contribution in [3.63, 3.8) is 0 Å². The van der Waals surface area contributed by atoms with E-state index in [2.05, 4.69) is 41.5 Å². The Morgan fingerprint density at radius 2 is 2.11 bits per heavy atom. The van der Waals surface area contributed by atoms with Gasteiger partial charge in [-0.05, 0) is 52.9 Å². The number of nitrogens with one attached hydrogen (secondary N) is 1. The monoisotopic (exact) mass is 435 g/mol. The van der Waals surface area contributed by atoms with E-state index < -0.39 is 12.5 Å². The third kappa shape index (κ3) is 5.17. The lowest BCUT2D eigenvalue weighted by molar-refractivity contribution is -0.111. The van der Waals surface area contributed by atoms with Gasteiger partial charge in [0, 0.05) is 21.8 Å². The predicted molar refractivity (Wildman–Crippen MR) is 97.6 cm³/mol. The zero-order valence-corrected chi connectivity index (χ0v) is 15.2. The molecule has 0 aliphatic carbocycles. The third-order valence-corrected chi connectivity index (χ3v) is 3.82. The maximum atomic E-state index is 12.5. The van der Waals surface area contributed by atoms with Crippen LogP contribution in [-0.2, 0) is 4.79 Å². The molecule has 0 fully saturated rings. The van der Waals surface area contributed by atoms with E-state index in [1.165, 1.54) is 29.2 Å². The normalized spacial score (nSPS) is 11.1. The molecular formula is C17H12BrF2N5O2. The average Bonchev–Trinajstić information content (AvgIpc) is 3.16. The number of halogens is 3. The van der Waals surface area contributed by atoms with Crippen molar-refractivity contribution in [2.45, 2.75) is 6.61 Å². The molecule has 0 unspecified atom stereocenters. The quantitative estimate of drug-likeness (QED) is 0.597. The molecule has 27 heavy (non-hydrogen) atoms. The Bertz CT molecular complexity index is 964. The summed E-state index contributed by atoms with van der Waals surface area (Å²) in [4.78, 5) is 12.2. The first-order chi connectivity index (χ1) is 13.0. The number of amides is 1. The van der Waals surface area contributed by atoms with Crippen LogP contribution < -0.4 is 10.1 Å². The zero-order chi connectivity index (χ0) is 19.2. The average molecular weight is 436 g/mol. The van der Waals surface area contributed by atoms with Crippen LogP contribution in [0.5, 0.6) is 5.75 Å². The molecule has 1 amide bonds. The number of hydrogen-bond acceptors (Lipinski definition) is 5. The second-order valence-electron chi connectivity index (χ2n) is 5.19. The van der Waals surface area contributed by atoms with E-state index in [-0.39, 0.29) is 5.75 Å². The van der Waals surface area contributed by atoms with Crippen LogP contribution in [0.1, 0.15) is 5.56 Å². The van der Waals surface area contributed by atoms with Gasteiger partial charge in [0.1, 0.15) is 12.1 Å². The van der Waals surface area contributed by atoms with Gasteiger partial charge >= 0.3 is 6.61 Å². The number of carbonyl (C=O) groups is 1. The number of ether oxygens (including phenoxy) is 1. The largest absolute Gasteiger partial charge is 0.434 e. The molecule has 0 aliphatic heterocycles. The van der Waals surface area contributed by atoms with Gasteiger partial charge in [0.15, 0.2) is 0 Å². The minimum atomic E-state index is -2.96. The molecule has 0 saturated carbocycles. The lowest BCUT2D eigenvalue weighted by Gasteiger charge is -2.08. The highest BCUT2D eigenvalue weighted by Crippen LogP contribution is 2.26. The van der Waals surface area contributed by atoms with Gasteiger partial charge < -0.3 is 10.1 Å². The number of tetrazole rings is 1. The van der Waals surface area contributed by atoms with Crippen molar-refractivity contribution in [3.05, 3.63) is 64.9 Å². The summed E-state index contributed by atoms with van der Waals surface area (Å²) >= 11 is 3.25. The van der Waals surface area contributed by atoms with Gasteiger partial charge in [0.25, 0.3) is 0 Å². The Kier molecular flexibility index (Phi) is 5.87. The van der Waals surface area contributed by atoms with Crippen LogP contribution in [-0.4, -0.2) is 32.7 Å². The summed E-state index contributed by atoms with van der Waals surface area (Å²) in [6, 6.07) is 11.4. The van der Waals surface area contributed by atoms with Crippen LogP contribution in [0.25, 0.3) is 11.8 Å². The number of carbonyl (C=O) groups excluding carboxylic acids is 1. The number of hydrogen-bond donors (Lipinski definition) is 1. The van der Waals surface area contributed by atoms with Crippen molar-refractivity contribution < 1.29 is 18.3 Å². The fourth-order valence-electron chi connectivity index (χ4n) is 2.21. The highest BCUT2D eigenvalue weighted by molar-refractivity contribution is 9.10. The Morgan fingerprint density at radius 1 is 1.26 bits per heavy atom. The first-order valence-electron chi connectivity index (χ1n) is 7.58. The third-order valence-electron chi connectivity index (χ3n) is 3.33. The van der Waals surface area contributed by atoms with Gasteiger partial charge in [-0.1, -0.05) is 22.0 Å². The van der Waals surface area contributed by atoms with Crippen LogP contribution in [0.15, 0.2) is 59.3 Å². The van der Waals surface area contributed by atoms with Crippen molar-refractivity contribution in [2.75, 3.05) is 5.32 Å². The Morgan fingerprint density at radius 3 is 2.85 bits per heavy atom. The Hall–Kier alpha value is -3.14. The molecule has 2 aromatic carbocycles. The minimum Gasteiger partial charge on any atom is -0.434 e. The van der Waals surface area contributed by atoms with E-state index >= 15 is 0 Å². The Labute approximate surface area is 160 Å². The molecule has 0 atom stereocenters. The van der Waals surface area contributed by atoms with Gasteiger partial charge in [-0.25, -0.2) is 4.68 Å². The summed E-state index contributed by atoms with van der Waals surface area (Å²) in [5, 5.41) is 13.6. The van der Waals surface area contributed by atoms with Crippen LogP contribution in [0.4, 0.5) is 14.5 Å². The van der Waals surface area contributed by atoms with Crippen molar-refractivity contribution in [2.24, 2.45) is 0 Å². The fraction of sp³-hybridized carbons (Fsp3) is 0.0588. The maximum absolute atomic E-state index is 12.5. The molecule has 10 heteroatoms. The smallest absolute Gasteiger partial charge is 0.387 e. The zero-order valence-electron chi connectivity index (χ0n) is 13.6. The molecule has 1 N–H and O–H groups in total. The van der Waals surface area contributed by atoms with E-state index in [1.54, 1.807) is 36.4 Å². The van der Waals surface area contributed by atoms with Crippen molar-refractivity contribution >= 4 is 33.6 Å². The minimum absolute atomic E-state index is 0.0297. The topological polar surface area (TPSA) is 81.9 Å². The van der Waals surface area contributed by atoms with Crippen LogP contribution in [0.3, 0.4) is 0 Å². The standard InChI is InChI=1S/C17H12BrF2N5O2/c18-12-5-6-15(27-17(19)20)11(8-12)4-7-16(26)22-13-2-1-3-14(9-13)25-10-21-23-24-25/h1-10,17H,(H,22,26)/b7-4+. The van der Waals surface area contributed by atoms with E-state index in [0.717, 1.165) is 0 Å². The van der Waals surface area contributed by atoms with E-state index in [9.17, 15) is 13.6 Å². The maximum Gasteiger partial charge on any atom is 0.387 e. The first kappa shape index (κ1) is 18.6. The molecule has 0 saturated heterocycles. The SMILES string of the molecule is O=C(/C=C/c1cc(Br)ccc1OC(F)F)Nc1cccc(-n2cnnn2)c1. The second-order valence-corrected chi connectivity index (χ2v) is 6.10. The number of nitrogens with zero attached hydrogens (tertiary/aromatic N) is 4. The van der Waals surface area contributed by atoms with E-state index in [4.69, 9.17) is 0 Å². The van der Waals surface area contributed by atoms with Gasteiger partial charge in [-0.2, -0.15) is 8.78 Å². The van der Waals surface area contributed by atoms with Gasteiger partial charge in [0.05, 0.1) is 5.69 Å². The summed E-state index contributed by atoms with van der Waals surface area (Å²) in [6.07, 6.45) is 4.05. The van der Waals surface area contributed by atoms with Gasteiger partial charge in [-0.3, -0.25) is 4.79 Å². The summed E-state index contributed by atoms with van der Waals surface area (Å²) in [7, 11) is 0. The number of alkyl halides is 2. The predicted octanol–water partition coefficient (Wildman–Crippen LogP) is 3.68. The lowest BCUT2D eigenvalue weighted by Crippen LogP contribution is -2.08. The molecule has 138 valence electrons. The number of aromatic nitrogens is 4. The molecule has 3 rings (SSSR count). The highest BCUT2D eigenvalue weighted by atomic mass is 79.9. The number of anilines is 1. The van der Waals surface area contributed by atoms with Crippen LogP contribution in [0, 0.1) is 0 Å². The molecule has 0 aliphatic rings. The number of rotatable bonds is 6. The molecule has 1 aromatic heterocycles. The molecule has 0 bridgehead atoms. The number of benzene rings is 2. The van der Waals surface area contributed by atoms with Gasteiger partial charge in [0.2, 0.25) is 5.91 Å². The summed E-state index contributed by atoms with van der Waals surface area (Å²) in [5.74, 6) is -0.468. The summed E-state index contributed by atoms with van der Waals surface area (Å²) in [6.45, 7) is -2.96. The van der Waals surface area contributed by atoms with Gasteiger partial charge in [-0.15, -0.1) is 5.10 Å².